The fourth-order valence-corrected chi connectivity index (χ4v) is 2.09. The van der Waals surface area contributed by atoms with Gasteiger partial charge < -0.3 is 10.3 Å². The van der Waals surface area contributed by atoms with Gasteiger partial charge in [-0.2, -0.15) is 4.98 Å². The second kappa shape index (κ2) is 6.12. The molecule has 2 N–H and O–H groups in total. The predicted octanol–water partition coefficient (Wildman–Crippen LogP) is 1.34. The largest absolute Gasteiger partial charge is 0.338 e. The minimum atomic E-state index is 0.369. The summed E-state index contributed by atoms with van der Waals surface area (Å²) < 4.78 is 5.26. The maximum Gasteiger partial charge on any atom is 0.240 e. The summed E-state index contributed by atoms with van der Waals surface area (Å²) in [6.07, 6.45) is 5.34. The lowest BCUT2D eigenvalue weighted by Gasteiger charge is -2.28. The number of piperidine rings is 1. The number of hydrogen-bond acceptors (Lipinski definition) is 5. The van der Waals surface area contributed by atoms with Crippen LogP contribution in [0.4, 0.5) is 0 Å². The first kappa shape index (κ1) is 12.5. The Labute approximate surface area is 102 Å². The zero-order valence-corrected chi connectivity index (χ0v) is 10.6. The third kappa shape index (κ3) is 3.78. The van der Waals surface area contributed by atoms with E-state index in [4.69, 9.17) is 10.3 Å². The highest BCUT2D eigenvalue weighted by molar-refractivity contribution is 4.87. The molecular weight excluding hydrogens is 216 g/mol. The summed E-state index contributed by atoms with van der Waals surface area (Å²) in [5.41, 5.74) is 5.87. The van der Waals surface area contributed by atoms with Crippen LogP contribution in [0.5, 0.6) is 0 Å². The number of unbranched alkanes of at least 4 members (excludes halogenated alkanes) is 1. The Morgan fingerprint density at radius 3 is 2.88 bits per heavy atom. The van der Waals surface area contributed by atoms with Crippen molar-refractivity contribution in [2.24, 2.45) is 5.73 Å². The number of likely N-dealkylation sites (tertiary alicyclic amines) is 1. The van der Waals surface area contributed by atoms with E-state index in [0.717, 1.165) is 63.5 Å². The highest BCUT2D eigenvalue weighted by atomic mass is 16.5. The van der Waals surface area contributed by atoms with Crippen molar-refractivity contribution in [2.45, 2.75) is 51.6 Å². The van der Waals surface area contributed by atoms with Gasteiger partial charge in [-0.05, 0) is 19.3 Å². The van der Waals surface area contributed by atoms with E-state index in [0.29, 0.717) is 6.04 Å². The van der Waals surface area contributed by atoms with E-state index in [1.807, 2.05) is 0 Å². The lowest BCUT2D eigenvalue weighted by Crippen LogP contribution is -2.39. The maximum absolute atomic E-state index is 5.87. The zero-order valence-electron chi connectivity index (χ0n) is 10.6. The molecular formula is C12H22N4O. The number of aryl methyl sites for hydroxylation is 1. The van der Waals surface area contributed by atoms with Crippen LogP contribution in [0, 0.1) is 0 Å². The van der Waals surface area contributed by atoms with Crippen LogP contribution in [-0.4, -0.2) is 34.2 Å². The summed E-state index contributed by atoms with van der Waals surface area (Å²) >= 11 is 0. The van der Waals surface area contributed by atoms with Crippen molar-refractivity contribution in [3.05, 3.63) is 11.7 Å². The number of rotatable bonds is 5. The Bertz CT molecular complexity index is 331. The van der Waals surface area contributed by atoms with Gasteiger partial charge in [0.15, 0.2) is 5.82 Å². The van der Waals surface area contributed by atoms with Crippen LogP contribution >= 0.6 is 0 Å². The van der Waals surface area contributed by atoms with Crippen molar-refractivity contribution in [2.75, 3.05) is 13.1 Å². The molecule has 2 heterocycles. The molecule has 0 bridgehead atoms. The Morgan fingerprint density at radius 1 is 1.41 bits per heavy atom. The van der Waals surface area contributed by atoms with Gasteiger partial charge >= 0.3 is 0 Å². The average Bonchev–Trinajstić information content (AvgIpc) is 2.77. The fourth-order valence-electron chi connectivity index (χ4n) is 2.09. The lowest BCUT2D eigenvalue weighted by atomic mass is 10.1. The SMILES string of the molecule is CCCCc1noc(CN2CCC(N)CC2)n1. The third-order valence-corrected chi connectivity index (χ3v) is 3.26. The van der Waals surface area contributed by atoms with E-state index >= 15 is 0 Å². The Hall–Kier alpha value is -0.940. The second-order valence-electron chi connectivity index (χ2n) is 4.82. The van der Waals surface area contributed by atoms with E-state index in [9.17, 15) is 0 Å². The van der Waals surface area contributed by atoms with Gasteiger partial charge in [0.05, 0.1) is 6.54 Å². The lowest BCUT2D eigenvalue weighted by molar-refractivity contribution is 0.181. The quantitative estimate of drug-likeness (QED) is 0.838. The van der Waals surface area contributed by atoms with Crippen LogP contribution in [-0.2, 0) is 13.0 Å². The molecule has 0 radical (unpaired) electrons. The second-order valence-corrected chi connectivity index (χ2v) is 4.82. The fraction of sp³-hybridized carbons (Fsp3) is 0.833. The van der Waals surface area contributed by atoms with Crippen molar-refractivity contribution in [1.82, 2.24) is 15.0 Å². The summed E-state index contributed by atoms with van der Waals surface area (Å²) in [4.78, 5) is 6.74. The Kier molecular flexibility index (Phi) is 4.50. The number of hydrogen-bond donors (Lipinski definition) is 1. The predicted molar refractivity (Wildman–Crippen MR) is 65.4 cm³/mol. The van der Waals surface area contributed by atoms with Crippen LogP contribution in [0.2, 0.25) is 0 Å². The van der Waals surface area contributed by atoms with Crippen molar-refractivity contribution in [3.8, 4) is 0 Å². The molecule has 17 heavy (non-hydrogen) atoms. The summed E-state index contributed by atoms with van der Waals surface area (Å²) in [5, 5.41) is 4.00. The van der Waals surface area contributed by atoms with Crippen LogP contribution in [0.3, 0.4) is 0 Å². The summed E-state index contributed by atoms with van der Waals surface area (Å²) in [5.74, 6) is 1.59. The minimum absolute atomic E-state index is 0.369. The van der Waals surface area contributed by atoms with Crippen LogP contribution in [0.15, 0.2) is 4.52 Å². The smallest absolute Gasteiger partial charge is 0.240 e. The van der Waals surface area contributed by atoms with Crippen molar-refractivity contribution >= 4 is 0 Å². The molecule has 1 aliphatic rings. The highest BCUT2D eigenvalue weighted by Gasteiger charge is 2.18. The van der Waals surface area contributed by atoms with E-state index in [1.165, 1.54) is 0 Å². The molecule has 0 unspecified atom stereocenters. The highest BCUT2D eigenvalue weighted by Crippen LogP contribution is 2.12. The van der Waals surface area contributed by atoms with Gasteiger partial charge in [0.25, 0.3) is 0 Å². The van der Waals surface area contributed by atoms with Gasteiger partial charge in [-0.15, -0.1) is 0 Å². The first-order valence-electron chi connectivity index (χ1n) is 6.57. The molecule has 0 aromatic carbocycles. The minimum Gasteiger partial charge on any atom is -0.338 e. The number of aromatic nitrogens is 2. The molecule has 0 amide bonds. The van der Waals surface area contributed by atoms with Crippen LogP contribution in [0.1, 0.15) is 44.3 Å². The van der Waals surface area contributed by atoms with Crippen molar-refractivity contribution < 1.29 is 4.52 Å². The average molecular weight is 238 g/mol. The van der Waals surface area contributed by atoms with Gasteiger partial charge in [0.1, 0.15) is 0 Å². The number of nitrogens with two attached hydrogens (primary N) is 1. The summed E-state index contributed by atoms with van der Waals surface area (Å²) in [6.45, 7) is 5.01. The first-order chi connectivity index (χ1) is 8.28. The molecule has 96 valence electrons. The van der Waals surface area contributed by atoms with Gasteiger partial charge in [0, 0.05) is 25.6 Å². The Balaban J connectivity index is 1.80. The van der Waals surface area contributed by atoms with Gasteiger partial charge in [-0.3, -0.25) is 4.90 Å². The molecule has 1 aliphatic heterocycles. The van der Waals surface area contributed by atoms with Gasteiger partial charge in [-0.25, -0.2) is 0 Å². The van der Waals surface area contributed by atoms with E-state index in [-0.39, 0.29) is 0 Å². The molecule has 5 nitrogen and oxygen atoms in total. The monoisotopic (exact) mass is 238 g/mol. The van der Waals surface area contributed by atoms with Crippen LogP contribution < -0.4 is 5.73 Å². The van der Waals surface area contributed by atoms with E-state index in [1.54, 1.807) is 0 Å². The molecule has 0 aliphatic carbocycles. The van der Waals surface area contributed by atoms with E-state index in [2.05, 4.69) is 22.0 Å². The number of nitrogens with zero attached hydrogens (tertiary/aromatic N) is 3. The molecule has 0 atom stereocenters. The summed E-state index contributed by atoms with van der Waals surface area (Å²) in [7, 11) is 0. The molecule has 1 aromatic heterocycles. The topological polar surface area (TPSA) is 68.2 Å². The maximum atomic E-state index is 5.87. The molecule has 0 spiro atoms. The molecule has 2 rings (SSSR count). The normalized spacial score (nSPS) is 18.7. The zero-order chi connectivity index (χ0) is 12.1. The Morgan fingerprint density at radius 2 is 2.18 bits per heavy atom. The molecule has 1 saturated heterocycles. The molecule has 1 fully saturated rings. The van der Waals surface area contributed by atoms with Crippen molar-refractivity contribution in [1.29, 1.82) is 0 Å². The van der Waals surface area contributed by atoms with Gasteiger partial charge in [0.2, 0.25) is 5.89 Å². The molecule has 1 aromatic rings. The molecule has 0 saturated carbocycles. The van der Waals surface area contributed by atoms with Crippen LogP contribution in [0.25, 0.3) is 0 Å². The van der Waals surface area contributed by atoms with E-state index < -0.39 is 0 Å². The first-order valence-corrected chi connectivity index (χ1v) is 6.57. The molecule has 5 heteroatoms. The third-order valence-electron chi connectivity index (χ3n) is 3.26. The van der Waals surface area contributed by atoms with Crippen molar-refractivity contribution in [3.63, 3.8) is 0 Å². The summed E-state index contributed by atoms with van der Waals surface area (Å²) in [6, 6.07) is 0.369. The standard InChI is InChI=1S/C12H22N4O/c1-2-3-4-11-14-12(17-15-11)9-16-7-5-10(13)6-8-16/h10H,2-9,13H2,1H3. The van der Waals surface area contributed by atoms with Gasteiger partial charge in [-0.1, -0.05) is 18.5 Å².